The number of benzene rings is 1. The summed E-state index contributed by atoms with van der Waals surface area (Å²) in [6.45, 7) is 6.89. The van der Waals surface area contributed by atoms with Gasteiger partial charge in [-0.15, -0.1) is 0 Å². The zero-order valence-electron chi connectivity index (χ0n) is 17.7. The number of rotatable bonds is 3. The molecule has 7 heteroatoms. The highest BCUT2D eigenvalue weighted by atomic mass is 16.5. The van der Waals surface area contributed by atoms with Crippen molar-refractivity contribution in [3.63, 3.8) is 0 Å². The summed E-state index contributed by atoms with van der Waals surface area (Å²) < 4.78 is 5.41. The van der Waals surface area contributed by atoms with Crippen LogP contribution in [0.5, 0.6) is 0 Å². The molecule has 1 N–H and O–H groups in total. The van der Waals surface area contributed by atoms with E-state index in [1.54, 1.807) is 0 Å². The molecule has 30 heavy (non-hydrogen) atoms. The number of carbonyl (C=O) groups excluding carboxylic acids is 3. The van der Waals surface area contributed by atoms with E-state index in [1.165, 1.54) is 0 Å². The summed E-state index contributed by atoms with van der Waals surface area (Å²) in [7, 11) is 0. The van der Waals surface area contributed by atoms with E-state index in [-0.39, 0.29) is 12.0 Å². The third kappa shape index (κ3) is 3.76. The third-order valence-corrected chi connectivity index (χ3v) is 6.17. The maximum absolute atomic E-state index is 13.2. The molecule has 0 spiro atoms. The van der Waals surface area contributed by atoms with E-state index in [1.807, 2.05) is 24.3 Å². The lowest BCUT2D eigenvalue weighted by Gasteiger charge is -2.35. The number of pyridine rings is 1. The Morgan fingerprint density at radius 3 is 2.73 bits per heavy atom. The van der Waals surface area contributed by atoms with Crippen LogP contribution in [0.25, 0.3) is 10.9 Å². The van der Waals surface area contributed by atoms with Crippen LogP contribution in [-0.4, -0.2) is 47.5 Å². The number of esters is 1. The summed E-state index contributed by atoms with van der Waals surface area (Å²) in [6, 6.07) is 7.08. The molecule has 1 saturated heterocycles. The van der Waals surface area contributed by atoms with Crippen molar-refractivity contribution in [2.24, 2.45) is 11.3 Å². The Balaban J connectivity index is 1.66. The van der Waals surface area contributed by atoms with Gasteiger partial charge in [0, 0.05) is 24.2 Å². The second-order valence-corrected chi connectivity index (χ2v) is 9.09. The Morgan fingerprint density at radius 2 is 2.03 bits per heavy atom. The Morgan fingerprint density at radius 1 is 1.27 bits per heavy atom. The summed E-state index contributed by atoms with van der Waals surface area (Å²) in [5, 5.41) is 3.31. The highest BCUT2D eigenvalue weighted by molar-refractivity contribution is 6.06. The second kappa shape index (κ2) is 7.70. The molecule has 1 aromatic carbocycles. The van der Waals surface area contributed by atoms with Crippen LogP contribution in [-0.2, 0) is 22.4 Å². The standard InChI is InChI=1S/C23H27N3O4/c1-23(2,3)14-8-9-18-16(12-14)20(15-6-4-5-7-17(15)25-18)21(28)30-13-19(27)26-11-10-24-22(26)29/h4-7,14H,8-13H2,1-3H3,(H,24,29). The molecule has 2 aliphatic rings. The normalized spacial score (nSPS) is 18.8. The Kier molecular flexibility index (Phi) is 5.22. The average Bonchev–Trinajstić information content (AvgIpc) is 3.14. The molecule has 1 fully saturated rings. The second-order valence-electron chi connectivity index (χ2n) is 9.09. The minimum absolute atomic E-state index is 0.115. The van der Waals surface area contributed by atoms with E-state index in [9.17, 15) is 14.4 Å². The molecule has 1 aliphatic carbocycles. The maximum atomic E-state index is 13.2. The minimum atomic E-state index is -0.535. The van der Waals surface area contributed by atoms with Gasteiger partial charge in [-0.1, -0.05) is 39.0 Å². The van der Waals surface area contributed by atoms with Crippen LogP contribution in [0.4, 0.5) is 4.79 Å². The number of amides is 3. The molecule has 158 valence electrons. The van der Waals surface area contributed by atoms with Crippen LogP contribution in [0.2, 0.25) is 0 Å². The van der Waals surface area contributed by atoms with Crippen LogP contribution in [0.15, 0.2) is 24.3 Å². The van der Waals surface area contributed by atoms with Gasteiger partial charge in [0.2, 0.25) is 0 Å². The van der Waals surface area contributed by atoms with Crippen molar-refractivity contribution in [2.45, 2.75) is 40.0 Å². The zero-order valence-corrected chi connectivity index (χ0v) is 17.7. The number of nitrogens with one attached hydrogen (secondary N) is 1. The van der Waals surface area contributed by atoms with Crippen LogP contribution < -0.4 is 5.32 Å². The van der Waals surface area contributed by atoms with Crippen molar-refractivity contribution in [1.82, 2.24) is 15.2 Å². The number of nitrogens with zero attached hydrogens (tertiary/aromatic N) is 2. The molecule has 7 nitrogen and oxygen atoms in total. The number of imide groups is 1. The van der Waals surface area contributed by atoms with E-state index in [4.69, 9.17) is 9.72 Å². The fourth-order valence-electron chi connectivity index (χ4n) is 4.35. The fraction of sp³-hybridized carbons (Fsp3) is 0.478. The van der Waals surface area contributed by atoms with Crippen LogP contribution in [0, 0.1) is 11.3 Å². The van der Waals surface area contributed by atoms with E-state index in [0.29, 0.717) is 18.0 Å². The predicted molar refractivity (Wildman–Crippen MR) is 112 cm³/mol. The number of ether oxygens (including phenoxy) is 1. The molecule has 1 unspecified atom stereocenters. The zero-order chi connectivity index (χ0) is 21.5. The van der Waals surface area contributed by atoms with Gasteiger partial charge in [0.05, 0.1) is 11.1 Å². The molecular weight excluding hydrogens is 382 g/mol. The van der Waals surface area contributed by atoms with Crippen molar-refractivity contribution >= 4 is 28.8 Å². The fourth-order valence-corrected chi connectivity index (χ4v) is 4.35. The number of hydrogen-bond acceptors (Lipinski definition) is 5. The number of urea groups is 1. The molecule has 3 amide bonds. The largest absolute Gasteiger partial charge is 0.452 e. The minimum Gasteiger partial charge on any atom is -0.452 e. The van der Waals surface area contributed by atoms with Gasteiger partial charge >= 0.3 is 12.0 Å². The molecule has 0 radical (unpaired) electrons. The van der Waals surface area contributed by atoms with Crippen molar-refractivity contribution in [2.75, 3.05) is 19.7 Å². The van der Waals surface area contributed by atoms with Gasteiger partial charge in [0.15, 0.2) is 6.61 Å². The van der Waals surface area contributed by atoms with Crippen LogP contribution in [0.3, 0.4) is 0 Å². The van der Waals surface area contributed by atoms with Gasteiger partial charge in [0.1, 0.15) is 0 Å². The van der Waals surface area contributed by atoms with Crippen molar-refractivity contribution < 1.29 is 19.1 Å². The lowest BCUT2D eigenvalue weighted by atomic mass is 9.70. The first-order chi connectivity index (χ1) is 14.3. The van der Waals surface area contributed by atoms with Crippen LogP contribution >= 0.6 is 0 Å². The van der Waals surface area contributed by atoms with Crippen molar-refractivity contribution in [3.05, 3.63) is 41.1 Å². The molecule has 2 aromatic rings. The topological polar surface area (TPSA) is 88.6 Å². The quantitative estimate of drug-likeness (QED) is 0.787. The first-order valence-electron chi connectivity index (χ1n) is 10.4. The number of fused-ring (bicyclic) bond motifs is 2. The molecule has 0 bridgehead atoms. The lowest BCUT2D eigenvalue weighted by Crippen LogP contribution is -2.37. The number of aryl methyl sites for hydroxylation is 1. The van der Waals surface area contributed by atoms with Crippen molar-refractivity contribution in [1.29, 1.82) is 0 Å². The highest BCUT2D eigenvalue weighted by Crippen LogP contribution is 2.39. The highest BCUT2D eigenvalue weighted by Gasteiger charge is 2.33. The molecule has 2 heterocycles. The van der Waals surface area contributed by atoms with Gasteiger partial charge < -0.3 is 10.1 Å². The lowest BCUT2D eigenvalue weighted by molar-refractivity contribution is -0.130. The molecule has 4 rings (SSSR count). The summed E-state index contributed by atoms with van der Waals surface area (Å²) in [6.07, 6.45) is 2.59. The molecule has 1 aliphatic heterocycles. The Bertz CT molecular complexity index is 1030. The maximum Gasteiger partial charge on any atom is 0.339 e. The summed E-state index contributed by atoms with van der Waals surface area (Å²) in [4.78, 5) is 43.0. The smallest absolute Gasteiger partial charge is 0.339 e. The first kappa shape index (κ1) is 20.3. The first-order valence-corrected chi connectivity index (χ1v) is 10.4. The van der Waals surface area contributed by atoms with Gasteiger partial charge in [-0.25, -0.2) is 9.59 Å². The van der Waals surface area contributed by atoms with Gasteiger partial charge in [-0.2, -0.15) is 0 Å². The SMILES string of the molecule is CC(C)(C)C1CCc2nc3ccccc3c(C(=O)OCC(=O)N3CCNC3=O)c2C1. The van der Waals surface area contributed by atoms with Gasteiger partial charge in [0.25, 0.3) is 5.91 Å². The number of carbonyl (C=O) groups is 3. The van der Waals surface area contributed by atoms with E-state index >= 15 is 0 Å². The molecule has 1 aromatic heterocycles. The monoisotopic (exact) mass is 409 g/mol. The van der Waals surface area contributed by atoms with E-state index in [2.05, 4.69) is 26.1 Å². The summed E-state index contributed by atoms with van der Waals surface area (Å²) in [5.74, 6) is -0.625. The number of hydrogen-bond donors (Lipinski definition) is 1. The van der Waals surface area contributed by atoms with Crippen molar-refractivity contribution in [3.8, 4) is 0 Å². The molecular formula is C23H27N3O4. The number of para-hydroxylation sites is 1. The number of aromatic nitrogens is 1. The summed E-state index contributed by atoms with van der Waals surface area (Å²) in [5.41, 5.74) is 3.23. The van der Waals surface area contributed by atoms with Crippen LogP contribution in [0.1, 0.15) is 48.8 Å². The van der Waals surface area contributed by atoms with E-state index < -0.39 is 24.5 Å². The average molecular weight is 409 g/mol. The molecule has 0 saturated carbocycles. The van der Waals surface area contributed by atoms with Gasteiger partial charge in [-0.3, -0.25) is 14.7 Å². The summed E-state index contributed by atoms with van der Waals surface area (Å²) >= 11 is 0. The molecule has 1 atom stereocenters. The Labute approximate surface area is 175 Å². The third-order valence-electron chi connectivity index (χ3n) is 6.17. The van der Waals surface area contributed by atoms with E-state index in [0.717, 1.165) is 46.3 Å². The predicted octanol–water partition coefficient (Wildman–Crippen LogP) is 3.09. The Hall–Kier alpha value is -2.96. The van der Waals surface area contributed by atoms with Gasteiger partial charge in [-0.05, 0) is 42.2 Å².